The maximum Gasteiger partial charge on any atom is 0.273 e. The van der Waals surface area contributed by atoms with Gasteiger partial charge >= 0.3 is 0 Å². The molecule has 0 aliphatic carbocycles. The van der Waals surface area contributed by atoms with Crippen molar-refractivity contribution < 1.29 is 17.9 Å². The molecule has 1 amide bonds. The smallest absolute Gasteiger partial charge is 0.273 e. The fraction of sp³-hybridized carbons (Fsp3) is 0.750. The summed E-state index contributed by atoms with van der Waals surface area (Å²) >= 11 is 1.44. The molecule has 138 valence electrons. The van der Waals surface area contributed by atoms with Gasteiger partial charge in [-0.15, -0.1) is 11.3 Å². The summed E-state index contributed by atoms with van der Waals surface area (Å²) in [6.07, 6.45) is 0.259. The number of aryl methyl sites for hydroxylation is 1. The van der Waals surface area contributed by atoms with E-state index in [-0.39, 0.29) is 17.9 Å². The largest absolute Gasteiger partial charge is 0.365 e. The van der Waals surface area contributed by atoms with Gasteiger partial charge in [-0.2, -0.15) is 4.31 Å². The summed E-state index contributed by atoms with van der Waals surface area (Å²) in [6, 6.07) is 0. The SMILES string of the molecule is Cc1nc(C(=O)N2C[C@H]3C[C@H]4C(C2)(CN(CC(C)C)S4(=O)=O)O3)cs1. The molecule has 0 N–H and O–H groups in total. The Balaban J connectivity index is 1.61. The first kappa shape index (κ1) is 17.4. The molecule has 3 aliphatic rings. The zero-order chi connectivity index (χ0) is 18.0. The third-order valence-electron chi connectivity index (χ3n) is 5.21. The first-order valence-electron chi connectivity index (χ1n) is 8.59. The predicted molar refractivity (Wildman–Crippen MR) is 94.1 cm³/mol. The number of hydrogen-bond donors (Lipinski definition) is 0. The van der Waals surface area contributed by atoms with Crippen molar-refractivity contribution >= 4 is 27.3 Å². The van der Waals surface area contributed by atoms with Crippen molar-refractivity contribution in [3.8, 4) is 0 Å². The molecule has 1 aromatic heterocycles. The van der Waals surface area contributed by atoms with Gasteiger partial charge in [-0.1, -0.05) is 13.8 Å². The molecule has 1 aromatic rings. The lowest BCUT2D eigenvalue weighted by Gasteiger charge is -2.39. The molecule has 4 heterocycles. The van der Waals surface area contributed by atoms with Crippen LogP contribution in [-0.4, -0.2) is 71.6 Å². The van der Waals surface area contributed by atoms with Crippen molar-refractivity contribution in [1.82, 2.24) is 14.2 Å². The molecule has 3 aliphatic heterocycles. The van der Waals surface area contributed by atoms with Gasteiger partial charge in [0.1, 0.15) is 16.5 Å². The number of morpholine rings is 1. The molecule has 4 rings (SSSR count). The van der Waals surface area contributed by atoms with Gasteiger partial charge < -0.3 is 9.64 Å². The molecule has 0 saturated carbocycles. The van der Waals surface area contributed by atoms with E-state index in [2.05, 4.69) is 4.98 Å². The van der Waals surface area contributed by atoms with Crippen LogP contribution in [0.4, 0.5) is 0 Å². The second-order valence-electron chi connectivity index (χ2n) is 7.70. The summed E-state index contributed by atoms with van der Waals surface area (Å²) in [7, 11) is -3.38. The van der Waals surface area contributed by atoms with Gasteiger partial charge in [-0.3, -0.25) is 4.79 Å². The van der Waals surface area contributed by atoms with Crippen LogP contribution >= 0.6 is 11.3 Å². The highest BCUT2D eigenvalue weighted by Gasteiger charge is 2.65. The second kappa shape index (κ2) is 5.73. The van der Waals surface area contributed by atoms with Crippen molar-refractivity contribution in [2.75, 3.05) is 26.2 Å². The number of thiazole rings is 1. The van der Waals surface area contributed by atoms with E-state index in [1.54, 1.807) is 14.6 Å². The number of rotatable bonds is 3. The topological polar surface area (TPSA) is 79.8 Å². The lowest BCUT2D eigenvalue weighted by molar-refractivity contribution is -0.0980. The van der Waals surface area contributed by atoms with Crippen LogP contribution in [0.2, 0.25) is 0 Å². The molecule has 3 saturated heterocycles. The summed E-state index contributed by atoms with van der Waals surface area (Å²) < 4.78 is 33.6. The number of likely N-dealkylation sites (tertiary alicyclic amines) is 1. The van der Waals surface area contributed by atoms with Crippen LogP contribution in [0.25, 0.3) is 0 Å². The summed E-state index contributed by atoms with van der Waals surface area (Å²) in [5.74, 6) is 0.123. The van der Waals surface area contributed by atoms with Gasteiger partial charge in [0.15, 0.2) is 0 Å². The standard InChI is InChI=1S/C16H23N3O4S2/c1-10(2)5-19-9-16-8-18(15(20)13-7-24-11(3)17-13)6-12(23-16)4-14(16)25(19,21)22/h7,10,12,14H,4-6,8-9H2,1-3H3/t12-,14+,16?/m1/s1. The molecule has 0 radical (unpaired) electrons. The van der Waals surface area contributed by atoms with E-state index in [0.29, 0.717) is 38.3 Å². The number of amides is 1. The molecule has 25 heavy (non-hydrogen) atoms. The molecular formula is C16H23N3O4S2. The molecule has 3 atom stereocenters. The van der Waals surface area contributed by atoms with Gasteiger partial charge in [0.25, 0.3) is 5.91 Å². The third kappa shape index (κ3) is 2.72. The highest BCUT2D eigenvalue weighted by molar-refractivity contribution is 7.90. The lowest BCUT2D eigenvalue weighted by Crippen LogP contribution is -2.56. The summed E-state index contributed by atoms with van der Waals surface area (Å²) in [4.78, 5) is 18.8. The Morgan fingerprint density at radius 2 is 2.24 bits per heavy atom. The Bertz CT molecular complexity index is 806. The van der Waals surface area contributed by atoms with E-state index in [1.807, 2.05) is 20.8 Å². The number of fused-ring (bicyclic) bond motifs is 1. The lowest BCUT2D eigenvalue weighted by atomic mass is 9.99. The van der Waals surface area contributed by atoms with E-state index < -0.39 is 20.9 Å². The number of ether oxygens (including phenoxy) is 1. The van der Waals surface area contributed by atoms with Gasteiger partial charge in [0.2, 0.25) is 10.0 Å². The van der Waals surface area contributed by atoms with Crippen LogP contribution in [0, 0.1) is 12.8 Å². The number of aromatic nitrogens is 1. The maximum absolute atomic E-state index is 12.9. The van der Waals surface area contributed by atoms with Crippen molar-refractivity contribution in [1.29, 1.82) is 0 Å². The fourth-order valence-electron chi connectivity index (χ4n) is 4.30. The summed E-state index contributed by atoms with van der Waals surface area (Å²) in [6.45, 7) is 7.47. The minimum absolute atomic E-state index is 0.127. The van der Waals surface area contributed by atoms with Crippen LogP contribution in [0.1, 0.15) is 35.8 Å². The van der Waals surface area contributed by atoms with Gasteiger partial charge in [-0.05, 0) is 19.3 Å². The summed E-state index contributed by atoms with van der Waals surface area (Å²) in [5, 5.41) is 2.07. The Hall–Kier alpha value is -1.03. The zero-order valence-corrected chi connectivity index (χ0v) is 16.3. The van der Waals surface area contributed by atoms with E-state index >= 15 is 0 Å². The van der Waals surface area contributed by atoms with E-state index in [1.165, 1.54) is 11.3 Å². The molecule has 9 heteroatoms. The zero-order valence-electron chi connectivity index (χ0n) is 14.6. The maximum atomic E-state index is 12.9. The molecular weight excluding hydrogens is 362 g/mol. The van der Waals surface area contributed by atoms with Crippen LogP contribution in [0.15, 0.2) is 5.38 Å². The van der Waals surface area contributed by atoms with Gasteiger partial charge in [0, 0.05) is 25.0 Å². The van der Waals surface area contributed by atoms with Crippen molar-refractivity contribution in [2.24, 2.45) is 5.92 Å². The van der Waals surface area contributed by atoms with E-state index in [9.17, 15) is 13.2 Å². The first-order valence-corrected chi connectivity index (χ1v) is 11.0. The number of nitrogens with zero attached hydrogens (tertiary/aromatic N) is 3. The van der Waals surface area contributed by atoms with Crippen LogP contribution in [-0.2, 0) is 14.8 Å². The highest BCUT2D eigenvalue weighted by Crippen LogP contribution is 2.46. The van der Waals surface area contributed by atoms with Gasteiger partial charge in [0.05, 0.1) is 17.7 Å². The first-order chi connectivity index (χ1) is 11.7. The van der Waals surface area contributed by atoms with E-state index in [0.717, 1.165) is 5.01 Å². The highest BCUT2D eigenvalue weighted by atomic mass is 32.2. The van der Waals surface area contributed by atoms with Crippen molar-refractivity contribution in [2.45, 2.75) is 44.1 Å². The van der Waals surface area contributed by atoms with Crippen molar-refractivity contribution in [3.05, 3.63) is 16.1 Å². The van der Waals surface area contributed by atoms with Gasteiger partial charge in [-0.25, -0.2) is 13.4 Å². The fourth-order valence-corrected chi connectivity index (χ4v) is 7.35. The quantitative estimate of drug-likeness (QED) is 0.779. The van der Waals surface area contributed by atoms with E-state index in [4.69, 9.17) is 4.74 Å². The number of hydrogen-bond acceptors (Lipinski definition) is 6. The van der Waals surface area contributed by atoms with Crippen LogP contribution in [0.5, 0.6) is 0 Å². The second-order valence-corrected chi connectivity index (χ2v) is 10.9. The molecule has 1 unspecified atom stereocenters. The molecule has 2 bridgehead atoms. The van der Waals surface area contributed by atoms with Crippen LogP contribution in [0.3, 0.4) is 0 Å². The molecule has 1 spiro atoms. The molecule has 0 aromatic carbocycles. The Kier molecular flexibility index (Phi) is 3.99. The average Bonchev–Trinajstić information content (AvgIpc) is 3.11. The third-order valence-corrected chi connectivity index (χ3v) is 8.32. The minimum Gasteiger partial charge on any atom is -0.365 e. The molecule has 3 fully saturated rings. The number of carbonyl (C=O) groups excluding carboxylic acids is 1. The summed E-state index contributed by atoms with van der Waals surface area (Å²) in [5.41, 5.74) is -0.353. The Morgan fingerprint density at radius 1 is 1.48 bits per heavy atom. The minimum atomic E-state index is -3.38. The Labute approximate surface area is 152 Å². The predicted octanol–water partition coefficient (Wildman–Crippen LogP) is 1.11. The Morgan fingerprint density at radius 3 is 2.88 bits per heavy atom. The number of carbonyl (C=O) groups is 1. The average molecular weight is 386 g/mol. The number of sulfonamides is 1. The monoisotopic (exact) mass is 385 g/mol. The molecule has 7 nitrogen and oxygen atoms in total. The normalized spacial score (nSPS) is 33.8. The van der Waals surface area contributed by atoms with Crippen LogP contribution < -0.4 is 0 Å². The van der Waals surface area contributed by atoms with Crippen molar-refractivity contribution in [3.63, 3.8) is 0 Å².